The molecule has 1 aromatic carbocycles. The Bertz CT molecular complexity index is 340. The van der Waals surface area contributed by atoms with Crippen LogP contribution in [0.15, 0.2) is 18.2 Å². The molecule has 1 nitrogen and oxygen atoms in total. The molecule has 0 unspecified atom stereocenters. The molecule has 0 aliphatic rings. The van der Waals surface area contributed by atoms with Crippen LogP contribution in [0, 0.1) is 26.2 Å². The lowest BCUT2D eigenvalue weighted by atomic mass is 10.1. The maximum atomic E-state index is 5.20. The molecule has 1 aromatic rings. The Balaban J connectivity index is 2.24. The van der Waals surface area contributed by atoms with E-state index in [9.17, 15) is 0 Å². The maximum Gasteiger partial charge on any atom is 0.0205 e. The van der Waals surface area contributed by atoms with Crippen molar-refractivity contribution in [3.8, 4) is 12.3 Å². The van der Waals surface area contributed by atoms with Crippen molar-refractivity contribution >= 4 is 0 Å². The Labute approximate surface area is 99.3 Å². The van der Waals surface area contributed by atoms with Gasteiger partial charge < -0.3 is 5.32 Å². The third kappa shape index (κ3) is 5.00. The van der Waals surface area contributed by atoms with Gasteiger partial charge in [-0.05, 0) is 38.8 Å². The molecule has 1 heteroatoms. The molecule has 0 atom stereocenters. The van der Waals surface area contributed by atoms with Crippen LogP contribution in [-0.2, 0) is 6.54 Å². The summed E-state index contributed by atoms with van der Waals surface area (Å²) in [5, 5.41) is 3.45. The van der Waals surface area contributed by atoms with Gasteiger partial charge in [-0.2, -0.15) is 0 Å². The third-order valence-electron chi connectivity index (χ3n) is 2.54. The quantitative estimate of drug-likeness (QED) is 0.567. The van der Waals surface area contributed by atoms with E-state index in [0.29, 0.717) is 0 Å². The third-order valence-corrected chi connectivity index (χ3v) is 2.54. The van der Waals surface area contributed by atoms with Gasteiger partial charge >= 0.3 is 0 Å². The Morgan fingerprint density at radius 3 is 2.44 bits per heavy atom. The number of benzene rings is 1. The van der Waals surface area contributed by atoms with Crippen LogP contribution in [0.5, 0.6) is 0 Å². The second kappa shape index (κ2) is 7.09. The fraction of sp³-hybridized carbons (Fsp3) is 0.467. The number of rotatable bonds is 6. The number of hydrogen-bond donors (Lipinski definition) is 1. The van der Waals surface area contributed by atoms with Gasteiger partial charge in [-0.3, -0.25) is 0 Å². The highest BCUT2D eigenvalue weighted by Crippen LogP contribution is 2.08. The summed E-state index contributed by atoms with van der Waals surface area (Å²) in [6, 6.07) is 6.68. The Kier molecular flexibility index (Phi) is 5.67. The molecular weight excluding hydrogens is 194 g/mol. The molecule has 86 valence electrons. The molecular formula is C15H21N. The first-order chi connectivity index (χ1) is 7.72. The van der Waals surface area contributed by atoms with Crippen molar-refractivity contribution in [1.82, 2.24) is 5.32 Å². The SMILES string of the molecule is C#CCCCCNCc1cc(C)cc(C)c1. The van der Waals surface area contributed by atoms with Crippen LogP contribution in [0.3, 0.4) is 0 Å². The predicted octanol–water partition coefficient (Wildman–Crippen LogP) is 3.20. The normalized spacial score (nSPS) is 10.1. The average molecular weight is 215 g/mol. The largest absolute Gasteiger partial charge is 0.313 e. The lowest BCUT2D eigenvalue weighted by Gasteiger charge is -2.06. The fourth-order valence-electron chi connectivity index (χ4n) is 1.88. The summed E-state index contributed by atoms with van der Waals surface area (Å²) >= 11 is 0. The van der Waals surface area contributed by atoms with Gasteiger partial charge in [0.2, 0.25) is 0 Å². The van der Waals surface area contributed by atoms with Crippen molar-refractivity contribution in [1.29, 1.82) is 0 Å². The topological polar surface area (TPSA) is 12.0 Å². The molecule has 0 amide bonds. The summed E-state index contributed by atoms with van der Waals surface area (Å²) < 4.78 is 0. The zero-order valence-corrected chi connectivity index (χ0v) is 10.3. The summed E-state index contributed by atoms with van der Waals surface area (Å²) in [5.74, 6) is 2.66. The van der Waals surface area contributed by atoms with Gasteiger partial charge in [0, 0.05) is 13.0 Å². The minimum atomic E-state index is 0.894. The molecule has 0 radical (unpaired) electrons. The summed E-state index contributed by atoms with van der Waals surface area (Å²) in [6.07, 6.45) is 8.37. The molecule has 0 aromatic heterocycles. The predicted molar refractivity (Wildman–Crippen MR) is 70.3 cm³/mol. The standard InChI is InChI=1S/C15H21N/c1-4-5-6-7-8-16-12-15-10-13(2)9-14(3)11-15/h1,9-11,16H,5-8,12H2,2-3H3. The molecule has 0 saturated carbocycles. The van der Waals surface area contributed by atoms with Gasteiger partial charge in [-0.15, -0.1) is 12.3 Å². The molecule has 1 N–H and O–H groups in total. The highest BCUT2D eigenvalue weighted by Gasteiger charge is 1.95. The van der Waals surface area contributed by atoms with Gasteiger partial charge in [0.05, 0.1) is 0 Å². The van der Waals surface area contributed by atoms with Gasteiger partial charge in [-0.25, -0.2) is 0 Å². The molecule has 0 heterocycles. The molecule has 0 aliphatic carbocycles. The summed E-state index contributed by atoms with van der Waals surface area (Å²) in [6.45, 7) is 6.29. The zero-order chi connectivity index (χ0) is 11.8. The Morgan fingerprint density at radius 1 is 1.12 bits per heavy atom. The number of unbranched alkanes of at least 4 members (excludes halogenated alkanes) is 2. The van der Waals surface area contributed by atoms with Crippen LogP contribution in [0.1, 0.15) is 36.0 Å². The van der Waals surface area contributed by atoms with E-state index >= 15 is 0 Å². The summed E-state index contributed by atoms with van der Waals surface area (Å²) in [5.41, 5.74) is 4.04. The highest BCUT2D eigenvalue weighted by atomic mass is 14.8. The van der Waals surface area contributed by atoms with E-state index < -0.39 is 0 Å². The van der Waals surface area contributed by atoms with Crippen LogP contribution in [0.25, 0.3) is 0 Å². The van der Waals surface area contributed by atoms with Gasteiger partial charge in [0.25, 0.3) is 0 Å². The molecule has 0 spiro atoms. The smallest absolute Gasteiger partial charge is 0.0205 e. The summed E-state index contributed by atoms with van der Waals surface area (Å²) in [4.78, 5) is 0. The van der Waals surface area contributed by atoms with Gasteiger partial charge in [0.15, 0.2) is 0 Å². The first kappa shape index (κ1) is 12.8. The zero-order valence-electron chi connectivity index (χ0n) is 10.3. The molecule has 16 heavy (non-hydrogen) atoms. The van der Waals surface area contributed by atoms with Crippen LogP contribution < -0.4 is 5.32 Å². The number of aryl methyl sites for hydroxylation is 2. The van der Waals surface area contributed by atoms with Gasteiger partial charge in [0.1, 0.15) is 0 Å². The first-order valence-corrected chi connectivity index (χ1v) is 5.93. The van der Waals surface area contributed by atoms with Crippen LogP contribution in [0.2, 0.25) is 0 Å². The van der Waals surface area contributed by atoms with E-state index in [0.717, 1.165) is 32.4 Å². The van der Waals surface area contributed by atoms with Gasteiger partial charge in [-0.1, -0.05) is 29.3 Å². The van der Waals surface area contributed by atoms with E-state index in [2.05, 4.69) is 43.3 Å². The number of hydrogen-bond acceptors (Lipinski definition) is 1. The maximum absolute atomic E-state index is 5.20. The molecule has 0 aliphatic heterocycles. The van der Waals surface area contributed by atoms with Crippen LogP contribution >= 0.6 is 0 Å². The Morgan fingerprint density at radius 2 is 1.81 bits per heavy atom. The van der Waals surface area contributed by atoms with Crippen molar-refractivity contribution in [2.45, 2.75) is 39.7 Å². The van der Waals surface area contributed by atoms with Crippen molar-refractivity contribution < 1.29 is 0 Å². The highest BCUT2D eigenvalue weighted by molar-refractivity contribution is 5.28. The lowest BCUT2D eigenvalue weighted by molar-refractivity contribution is 0.629. The fourth-order valence-corrected chi connectivity index (χ4v) is 1.88. The first-order valence-electron chi connectivity index (χ1n) is 5.93. The second-order valence-corrected chi connectivity index (χ2v) is 4.33. The monoisotopic (exact) mass is 215 g/mol. The molecule has 0 saturated heterocycles. The van der Waals surface area contributed by atoms with Crippen LogP contribution in [0.4, 0.5) is 0 Å². The number of nitrogens with one attached hydrogen (secondary N) is 1. The minimum Gasteiger partial charge on any atom is -0.313 e. The molecule has 0 fully saturated rings. The molecule has 0 bridgehead atoms. The van der Waals surface area contributed by atoms with Crippen LogP contribution in [-0.4, -0.2) is 6.54 Å². The van der Waals surface area contributed by atoms with E-state index in [1.807, 2.05) is 0 Å². The van der Waals surface area contributed by atoms with E-state index in [1.165, 1.54) is 16.7 Å². The van der Waals surface area contributed by atoms with E-state index in [1.54, 1.807) is 0 Å². The molecule has 1 rings (SSSR count). The van der Waals surface area contributed by atoms with E-state index in [4.69, 9.17) is 6.42 Å². The van der Waals surface area contributed by atoms with E-state index in [-0.39, 0.29) is 0 Å². The lowest BCUT2D eigenvalue weighted by Crippen LogP contribution is -2.14. The average Bonchev–Trinajstić information content (AvgIpc) is 2.22. The van der Waals surface area contributed by atoms with Crippen molar-refractivity contribution in [2.24, 2.45) is 0 Å². The minimum absolute atomic E-state index is 0.894. The van der Waals surface area contributed by atoms with Crippen molar-refractivity contribution in [2.75, 3.05) is 6.54 Å². The second-order valence-electron chi connectivity index (χ2n) is 4.33. The summed E-state index contributed by atoms with van der Waals surface area (Å²) in [7, 11) is 0. The number of terminal acetylenes is 1. The van der Waals surface area contributed by atoms with Crippen molar-refractivity contribution in [3.05, 3.63) is 34.9 Å². The van der Waals surface area contributed by atoms with Crippen molar-refractivity contribution in [3.63, 3.8) is 0 Å². The Hall–Kier alpha value is -1.26.